The Morgan fingerprint density at radius 3 is 2.68 bits per heavy atom. The van der Waals surface area contributed by atoms with Crippen LogP contribution >= 0.6 is 11.3 Å². The van der Waals surface area contributed by atoms with Crippen LogP contribution in [0.1, 0.15) is 26.3 Å². The zero-order chi connectivity index (χ0) is 17.2. The van der Waals surface area contributed by atoms with E-state index in [4.69, 9.17) is 4.98 Å². The Morgan fingerprint density at radius 2 is 1.93 bits per heavy atom. The van der Waals surface area contributed by atoms with Crippen molar-refractivity contribution in [1.82, 2.24) is 14.4 Å². The van der Waals surface area contributed by atoms with Gasteiger partial charge in [0.1, 0.15) is 4.83 Å². The van der Waals surface area contributed by atoms with Crippen LogP contribution in [0.25, 0.3) is 37.8 Å². The smallest absolute Gasteiger partial charge is 0.179 e. The van der Waals surface area contributed by atoms with Crippen molar-refractivity contribution in [2.75, 3.05) is 0 Å². The molecular formula is C22H21IrN3SY-2. The van der Waals surface area contributed by atoms with Crippen molar-refractivity contribution < 1.29 is 52.8 Å². The van der Waals surface area contributed by atoms with Gasteiger partial charge in [0.15, 0.2) is 5.65 Å². The summed E-state index contributed by atoms with van der Waals surface area (Å²) in [6.07, 6.45) is 1.05. The standard InChI is InChI=1S/C21H18N3S.CH3.Ir.Y/c1-21(2,3)11-13-8-9-17-16(10-13)14-6-4-5-7-15(14)19-23-18-20(24(17)19)25-12-22-18;;;/h4-6,8-10,12H,11H2,1-3H3;1H3;;/q2*-1;;. The molecule has 0 bridgehead atoms. The Kier molecular flexibility index (Phi) is 7.22. The number of hydrogen-bond donors (Lipinski definition) is 0. The molecule has 5 rings (SSSR count). The van der Waals surface area contributed by atoms with Gasteiger partial charge >= 0.3 is 0 Å². The van der Waals surface area contributed by atoms with Gasteiger partial charge in [0, 0.05) is 58.3 Å². The van der Waals surface area contributed by atoms with Crippen LogP contribution in [0, 0.1) is 18.9 Å². The molecule has 5 aromatic rings. The first-order chi connectivity index (χ1) is 12.0. The van der Waals surface area contributed by atoms with Gasteiger partial charge in [-0.2, -0.15) is 0 Å². The average Bonchev–Trinajstić information content (AvgIpc) is 3.14. The molecule has 0 spiro atoms. The van der Waals surface area contributed by atoms with Gasteiger partial charge in [-0.25, -0.2) is 4.98 Å². The minimum Gasteiger partial charge on any atom is -0.358 e. The fourth-order valence-electron chi connectivity index (χ4n) is 3.66. The number of hydrogen-bond acceptors (Lipinski definition) is 3. The van der Waals surface area contributed by atoms with Crippen molar-refractivity contribution in [2.24, 2.45) is 5.41 Å². The van der Waals surface area contributed by atoms with Gasteiger partial charge in [-0.15, -0.1) is 41.0 Å². The molecule has 3 nitrogen and oxygen atoms in total. The van der Waals surface area contributed by atoms with E-state index in [0.29, 0.717) is 0 Å². The number of thiazole rings is 1. The van der Waals surface area contributed by atoms with Gasteiger partial charge in [0.2, 0.25) is 0 Å². The summed E-state index contributed by atoms with van der Waals surface area (Å²) in [7, 11) is 0. The average molecular weight is 641 g/mol. The second-order valence-corrected chi connectivity index (χ2v) is 8.63. The fourth-order valence-corrected chi connectivity index (χ4v) is 4.41. The van der Waals surface area contributed by atoms with E-state index in [1.165, 1.54) is 21.9 Å². The van der Waals surface area contributed by atoms with Crippen molar-refractivity contribution in [1.29, 1.82) is 0 Å². The van der Waals surface area contributed by atoms with Gasteiger partial charge in [-0.05, 0) is 28.9 Å². The van der Waals surface area contributed by atoms with Crippen LogP contribution in [-0.2, 0) is 59.2 Å². The molecule has 0 N–H and O–H groups in total. The minimum atomic E-state index is 0. The molecule has 2 radical (unpaired) electrons. The molecule has 28 heavy (non-hydrogen) atoms. The predicted molar refractivity (Wildman–Crippen MR) is 112 cm³/mol. The molecule has 0 aliphatic rings. The number of nitrogens with zero attached hydrogens (tertiary/aromatic N) is 3. The third-order valence-corrected chi connectivity index (χ3v) is 5.36. The van der Waals surface area contributed by atoms with Crippen molar-refractivity contribution in [3.05, 3.63) is 61.0 Å². The number of imidazole rings is 1. The van der Waals surface area contributed by atoms with E-state index in [1.807, 2.05) is 11.6 Å². The van der Waals surface area contributed by atoms with Crippen LogP contribution in [-0.4, -0.2) is 14.4 Å². The maximum Gasteiger partial charge on any atom is 0.179 e. The summed E-state index contributed by atoms with van der Waals surface area (Å²) in [6, 6.07) is 16.4. The van der Waals surface area contributed by atoms with Gasteiger partial charge in [-0.3, -0.25) is 4.98 Å². The van der Waals surface area contributed by atoms with Gasteiger partial charge in [0.25, 0.3) is 0 Å². The first kappa shape index (κ1) is 23.6. The second kappa shape index (κ2) is 8.57. The SMILES string of the molecule is CC(C)(C)Cc1ccc2c(c1)c1ccc[c-]c1c1nc3ncsc3n21.[CH3-].[Ir].[Y]. The van der Waals surface area contributed by atoms with Crippen molar-refractivity contribution in [3.8, 4) is 0 Å². The Hall–Kier alpha value is -0.707. The predicted octanol–water partition coefficient (Wildman–Crippen LogP) is 6.08. The minimum absolute atomic E-state index is 0. The Labute approximate surface area is 208 Å². The molecule has 0 amide bonds. The van der Waals surface area contributed by atoms with Gasteiger partial charge < -0.3 is 11.8 Å². The summed E-state index contributed by atoms with van der Waals surface area (Å²) < 4.78 is 2.24. The van der Waals surface area contributed by atoms with Crippen LogP contribution in [0.3, 0.4) is 0 Å². The number of pyridine rings is 1. The van der Waals surface area contributed by atoms with E-state index in [-0.39, 0.29) is 65.7 Å². The van der Waals surface area contributed by atoms with Gasteiger partial charge in [0.05, 0.1) is 11.2 Å². The third-order valence-electron chi connectivity index (χ3n) is 4.56. The van der Waals surface area contributed by atoms with Crippen LogP contribution in [0.4, 0.5) is 0 Å². The second-order valence-electron chi connectivity index (χ2n) is 7.80. The Balaban J connectivity index is 0.000000934. The molecule has 3 aromatic heterocycles. The summed E-state index contributed by atoms with van der Waals surface area (Å²) in [6.45, 7) is 6.84. The zero-order valence-corrected chi connectivity index (χ0v) is 22.5. The van der Waals surface area contributed by atoms with Crippen LogP contribution in [0.2, 0.25) is 0 Å². The molecule has 0 atom stereocenters. The van der Waals surface area contributed by atoms with Crippen molar-refractivity contribution >= 4 is 49.1 Å². The molecule has 3 heterocycles. The quantitative estimate of drug-likeness (QED) is 0.164. The third kappa shape index (κ3) is 3.85. The molecule has 0 aliphatic carbocycles. The summed E-state index contributed by atoms with van der Waals surface area (Å²) in [4.78, 5) is 10.3. The summed E-state index contributed by atoms with van der Waals surface area (Å²) in [5, 5.41) is 3.53. The number of benzene rings is 2. The number of fused-ring (bicyclic) bond motifs is 8. The van der Waals surface area contributed by atoms with Crippen molar-refractivity contribution in [2.45, 2.75) is 27.2 Å². The molecule has 0 saturated heterocycles. The van der Waals surface area contributed by atoms with Crippen LogP contribution in [0.5, 0.6) is 0 Å². The Morgan fingerprint density at radius 1 is 1.14 bits per heavy atom. The molecule has 6 heteroatoms. The topological polar surface area (TPSA) is 30.2 Å². The molecule has 0 fully saturated rings. The van der Waals surface area contributed by atoms with Crippen LogP contribution in [0.15, 0.2) is 41.9 Å². The van der Waals surface area contributed by atoms with E-state index in [0.717, 1.165) is 27.9 Å². The summed E-state index contributed by atoms with van der Waals surface area (Å²) in [5.74, 6) is 0. The van der Waals surface area contributed by atoms with E-state index < -0.39 is 0 Å². The van der Waals surface area contributed by atoms with E-state index in [2.05, 4.69) is 66.6 Å². The molecule has 2 aromatic carbocycles. The molecular weight excluding hydrogens is 619 g/mol. The van der Waals surface area contributed by atoms with E-state index >= 15 is 0 Å². The van der Waals surface area contributed by atoms with Crippen LogP contribution < -0.4 is 0 Å². The Bertz CT molecular complexity index is 1270. The monoisotopic (exact) mass is 641 g/mol. The van der Waals surface area contributed by atoms with Crippen molar-refractivity contribution in [3.63, 3.8) is 0 Å². The molecule has 0 unspecified atom stereocenters. The number of aromatic nitrogens is 3. The summed E-state index contributed by atoms with van der Waals surface area (Å²) in [5.41, 5.74) is 6.44. The molecule has 0 aliphatic heterocycles. The fraction of sp³-hybridized carbons (Fsp3) is 0.227. The number of rotatable bonds is 1. The molecule has 0 saturated carbocycles. The maximum absolute atomic E-state index is 4.77. The zero-order valence-electron chi connectivity index (χ0n) is 16.4. The van der Waals surface area contributed by atoms with Gasteiger partial charge in [-0.1, -0.05) is 38.3 Å². The summed E-state index contributed by atoms with van der Waals surface area (Å²) >= 11 is 1.64. The normalized spacial score (nSPS) is 11.4. The largest absolute Gasteiger partial charge is 0.358 e. The van der Waals surface area contributed by atoms with E-state index in [9.17, 15) is 0 Å². The van der Waals surface area contributed by atoms with E-state index in [1.54, 1.807) is 11.3 Å². The molecule has 144 valence electrons. The first-order valence-corrected chi connectivity index (χ1v) is 9.36. The first-order valence-electron chi connectivity index (χ1n) is 8.48. The maximum atomic E-state index is 4.77.